The maximum Gasteiger partial charge on any atom is 0.257 e. The lowest BCUT2D eigenvalue weighted by molar-refractivity contribution is 0.279. The van der Waals surface area contributed by atoms with Gasteiger partial charge in [0, 0.05) is 24.2 Å². The highest BCUT2D eigenvalue weighted by molar-refractivity contribution is 5.82. The van der Waals surface area contributed by atoms with Crippen molar-refractivity contribution in [3.8, 4) is 17.0 Å². The molecule has 0 saturated heterocycles. The third kappa shape index (κ3) is 2.85. The van der Waals surface area contributed by atoms with E-state index in [9.17, 15) is 13.2 Å². The van der Waals surface area contributed by atoms with Crippen molar-refractivity contribution in [2.45, 2.75) is 25.9 Å². The molecule has 3 aromatic rings. The molecular formula is C18H17F3N6O. The number of nitrogens with zero attached hydrogens (tertiary/aromatic N) is 5. The summed E-state index contributed by atoms with van der Waals surface area (Å²) in [4.78, 5) is 8.21. The molecule has 10 heteroatoms. The van der Waals surface area contributed by atoms with E-state index in [0.717, 1.165) is 0 Å². The van der Waals surface area contributed by atoms with Crippen molar-refractivity contribution in [3.05, 3.63) is 48.1 Å². The number of anilines is 1. The van der Waals surface area contributed by atoms with Gasteiger partial charge in [0.05, 0.1) is 18.2 Å². The molecule has 28 heavy (non-hydrogen) atoms. The fourth-order valence-electron chi connectivity index (χ4n) is 3.28. The molecule has 0 radical (unpaired) electrons. The summed E-state index contributed by atoms with van der Waals surface area (Å²) in [7, 11) is 1.32. The van der Waals surface area contributed by atoms with E-state index in [1.165, 1.54) is 18.0 Å². The van der Waals surface area contributed by atoms with Crippen molar-refractivity contribution in [2.75, 3.05) is 12.5 Å². The normalized spacial score (nSPS) is 19.5. The average molecular weight is 390 g/mol. The second kappa shape index (κ2) is 6.79. The second-order valence-electron chi connectivity index (χ2n) is 6.45. The lowest BCUT2D eigenvalue weighted by Gasteiger charge is -2.29. The summed E-state index contributed by atoms with van der Waals surface area (Å²) in [5.41, 5.74) is 2.66. The van der Waals surface area contributed by atoms with Crippen LogP contribution in [0.1, 0.15) is 13.8 Å². The molecule has 2 unspecified atom stereocenters. The number of nitrogens with one attached hydrogen (secondary N) is 1. The third-order valence-electron chi connectivity index (χ3n) is 4.62. The van der Waals surface area contributed by atoms with Crippen molar-refractivity contribution in [1.82, 2.24) is 24.6 Å². The van der Waals surface area contributed by atoms with Crippen LogP contribution in [0.4, 0.5) is 19.0 Å². The Balaban J connectivity index is 2.00. The fraction of sp³-hybridized carbons (Fsp3) is 0.278. The number of hydrazine groups is 1. The molecule has 0 spiro atoms. The van der Waals surface area contributed by atoms with Crippen molar-refractivity contribution in [3.63, 3.8) is 0 Å². The van der Waals surface area contributed by atoms with Crippen LogP contribution in [0.15, 0.2) is 30.6 Å². The Labute approximate surface area is 158 Å². The molecule has 0 fully saturated rings. The van der Waals surface area contributed by atoms with Crippen LogP contribution < -0.4 is 10.2 Å². The number of hydrogen-bond acceptors (Lipinski definition) is 6. The summed E-state index contributed by atoms with van der Waals surface area (Å²) in [5.74, 6) is -2.88. The average Bonchev–Trinajstić information content (AvgIpc) is 3.23. The molecule has 1 aliphatic heterocycles. The van der Waals surface area contributed by atoms with E-state index in [4.69, 9.17) is 4.74 Å². The zero-order chi connectivity index (χ0) is 20.0. The van der Waals surface area contributed by atoms with Crippen molar-refractivity contribution < 1.29 is 17.9 Å². The minimum atomic E-state index is -1.08. The van der Waals surface area contributed by atoms with Gasteiger partial charge >= 0.3 is 0 Å². The zero-order valence-corrected chi connectivity index (χ0v) is 15.3. The van der Waals surface area contributed by atoms with Crippen LogP contribution >= 0.6 is 0 Å². The molecule has 4 rings (SSSR count). The van der Waals surface area contributed by atoms with Crippen molar-refractivity contribution in [1.29, 1.82) is 0 Å². The Bertz CT molecular complexity index is 1050. The van der Waals surface area contributed by atoms with Gasteiger partial charge in [-0.2, -0.15) is 19.6 Å². The summed E-state index contributed by atoms with van der Waals surface area (Å²) < 4.78 is 49.3. The van der Waals surface area contributed by atoms with Crippen LogP contribution in [0.2, 0.25) is 0 Å². The standard InChI is InChI=1S/C18H17F3N6O/c1-9-4-5-10(2)26(9)25-16-15(14-12(20)6-11(19)7-13(14)21)17(28-3)24-18-22-8-23-27(16)18/h4-10,25H,1-3H3. The molecule has 1 aliphatic rings. The van der Waals surface area contributed by atoms with Gasteiger partial charge in [-0.05, 0) is 13.8 Å². The van der Waals surface area contributed by atoms with Gasteiger partial charge in [0.2, 0.25) is 5.88 Å². The smallest absolute Gasteiger partial charge is 0.257 e. The van der Waals surface area contributed by atoms with Gasteiger partial charge in [0.25, 0.3) is 5.78 Å². The summed E-state index contributed by atoms with van der Waals surface area (Å²) in [6.45, 7) is 3.92. The highest BCUT2D eigenvalue weighted by Gasteiger charge is 2.29. The second-order valence-corrected chi connectivity index (χ2v) is 6.45. The van der Waals surface area contributed by atoms with E-state index in [-0.39, 0.29) is 35.1 Å². The first kappa shape index (κ1) is 18.2. The SMILES string of the molecule is COc1nc2ncnn2c(NN2C(C)C=CC2C)c1-c1c(F)cc(F)cc1F. The lowest BCUT2D eigenvalue weighted by atomic mass is 10.1. The molecule has 146 valence electrons. The summed E-state index contributed by atoms with van der Waals surface area (Å²) in [6.07, 6.45) is 5.25. The molecule has 1 N–H and O–H groups in total. The zero-order valence-electron chi connectivity index (χ0n) is 15.3. The first-order valence-corrected chi connectivity index (χ1v) is 8.56. The van der Waals surface area contributed by atoms with Crippen LogP contribution in [0, 0.1) is 17.5 Å². The number of halogens is 3. The molecular weight excluding hydrogens is 373 g/mol. The minimum Gasteiger partial charge on any atom is -0.480 e. The van der Waals surface area contributed by atoms with Crippen LogP contribution in [-0.4, -0.2) is 43.8 Å². The van der Waals surface area contributed by atoms with Gasteiger partial charge in [0.15, 0.2) is 5.82 Å². The molecule has 0 aliphatic carbocycles. The maximum atomic E-state index is 14.6. The largest absolute Gasteiger partial charge is 0.480 e. The molecule has 2 aromatic heterocycles. The number of fused-ring (bicyclic) bond motifs is 1. The van der Waals surface area contributed by atoms with Gasteiger partial charge in [-0.1, -0.05) is 12.2 Å². The summed E-state index contributed by atoms with van der Waals surface area (Å²) in [5, 5.41) is 5.98. The van der Waals surface area contributed by atoms with Crippen molar-refractivity contribution >= 4 is 11.6 Å². The molecule has 3 heterocycles. The Morgan fingerprint density at radius 2 is 1.68 bits per heavy atom. The summed E-state index contributed by atoms with van der Waals surface area (Å²) in [6, 6.07) is 1.22. The predicted octanol–water partition coefficient (Wildman–Crippen LogP) is 3.19. The van der Waals surface area contributed by atoms with Gasteiger partial charge in [-0.15, -0.1) is 0 Å². The molecule has 0 bridgehead atoms. The number of ether oxygens (including phenoxy) is 1. The van der Waals surface area contributed by atoms with Crippen LogP contribution in [0.5, 0.6) is 5.88 Å². The Hall–Kier alpha value is -3.14. The fourth-order valence-corrected chi connectivity index (χ4v) is 3.28. The topological polar surface area (TPSA) is 67.6 Å². The highest BCUT2D eigenvalue weighted by Crippen LogP contribution is 2.39. The number of methoxy groups -OCH3 is 1. The number of aromatic nitrogens is 4. The predicted molar refractivity (Wildman–Crippen MR) is 96.2 cm³/mol. The van der Waals surface area contributed by atoms with E-state index in [0.29, 0.717) is 12.1 Å². The Kier molecular flexibility index (Phi) is 4.42. The van der Waals surface area contributed by atoms with E-state index < -0.39 is 23.0 Å². The van der Waals surface area contributed by atoms with Gasteiger partial charge in [-0.3, -0.25) is 0 Å². The van der Waals surface area contributed by atoms with E-state index in [2.05, 4.69) is 20.5 Å². The van der Waals surface area contributed by atoms with Gasteiger partial charge in [0.1, 0.15) is 23.8 Å². The number of hydrogen-bond donors (Lipinski definition) is 1. The molecule has 1 aromatic carbocycles. The molecule has 2 atom stereocenters. The number of benzene rings is 1. The van der Waals surface area contributed by atoms with E-state index in [1.807, 2.05) is 31.0 Å². The first-order chi connectivity index (χ1) is 13.4. The monoisotopic (exact) mass is 390 g/mol. The molecule has 7 nitrogen and oxygen atoms in total. The third-order valence-corrected chi connectivity index (χ3v) is 4.62. The highest BCUT2D eigenvalue weighted by atomic mass is 19.1. The Morgan fingerprint density at radius 3 is 2.29 bits per heavy atom. The minimum absolute atomic E-state index is 0.00323. The summed E-state index contributed by atoms with van der Waals surface area (Å²) >= 11 is 0. The van der Waals surface area contributed by atoms with E-state index >= 15 is 0 Å². The lowest BCUT2D eigenvalue weighted by Crippen LogP contribution is -2.39. The number of rotatable bonds is 4. The first-order valence-electron chi connectivity index (χ1n) is 8.56. The van der Waals surface area contributed by atoms with Crippen molar-refractivity contribution in [2.24, 2.45) is 0 Å². The molecule has 0 saturated carbocycles. The Morgan fingerprint density at radius 1 is 1.04 bits per heavy atom. The van der Waals surface area contributed by atoms with Crippen LogP contribution in [0.25, 0.3) is 16.9 Å². The quantitative estimate of drug-likeness (QED) is 0.690. The van der Waals surface area contributed by atoms with Crippen LogP contribution in [-0.2, 0) is 0 Å². The van der Waals surface area contributed by atoms with Crippen LogP contribution in [0.3, 0.4) is 0 Å². The van der Waals surface area contributed by atoms with Gasteiger partial charge in [-0.25, -0.2) is 18.2 Å². The van der Waals surface area contributed by atoms with Gasteiger partial charge < -0.3 is 10.2 Å². The van der Waals surface area contributed by atoms with E-state index in [1.54, 1.807) is 0 Å². The maximum absolute atomic E-state index is 14.6. The molecule has 0 amide bonds.